The number of nitrogens with zero attached hydrogens (tertiary/aromatic N) is 1. The van der Waals surface area contributed by atoms with Crippen LogP contribution in [0, 0.1) is 10.7 Å². The van der Waals surface area contributed by atoms with Crippen molar-refractivity contribution in [1.29, 1.82) is 0 Å². The summed E-state index contributed by atoms with van der Waals surface area (Å²) in [6.45, 7) is 3.69. The van der Waals surface area contributed by atoms with Crippen LogP contribution in [0.2, 0.25) is 5.02 Å². The highest BCUT2D eigenvalue weighted by Gasteiger charge is 2.10. The van der Waals surface area contributed by atoms with Crippen LogP contribution in [0.4, 0.5) is 10.1 Å². The molecule has 0 aromatic heterocycles. The molecule has 4 N–H and O–H groups in total. The van der Waals surface area contributed by atoms with Gasteiger partial charge in [-0.25, -0.2) is 4.39 Å². The van der Waals surface area contributed by atoms with E-state index in [1.807, 2.05) is 12.1 Å². The molecule has 0 aliphatic carbocycles. The van der Waals surface area contributed by atoms with E-state index >= 15 is 0 Å². The van der Waals surface area contributed by atoms with E-state index in [-0.39, 0.29) is 37.3 Å². The number of hydrogen-bond acceptors (Lipinski definition) is 7. The van der Waals surface area contributed by atoms with Crippen LogP contribution in [0.25, 0.3) is 0 Å². The van der Waals surface area contributed by atoms with Crippen LogP contribution < -0.4 is 26.0 Å². The Morgan fingerprint density at radius 1 is 1.12 bits per heavy atom. The fourth-order valence-corrected chi connectivity index (χ4v) is 2.79. The number of halogens is 2. The molecule has 0 unspecified atom stereocenters. The van der Waals surface area contributed by atoms with Crippen LogP contribution in [0.1, 0.15) is 19.4 Å². The van der Waals surface area contributed by atoms with Crippen molar-refractivity contribution in [3.63, 3.8) is 0 Å². The topological polar surface area (TPSA) is 121 Å². The summed E-state index contributed by atoms with van der Waals surface area (Å²) in [7, 11) is 0. The minimum absolute atomic E-state index is 0.0557. The Balaban J connectivity index is 2.09. The molecule has 0 aliphatic heterocycles. The molecule has 0 saturated carbocycles. The first-order valence-corrected chi connectivity index (χ1v) is 10.9. The van der Waals surface area contributed by atoms with Crippen molar-refractivity contribution in [3.8, 4) is 5.75 Å². The maximum absolute atomic E-state index is 14.4. The predicted molar refractivity (Wildman–Crippen MR) is 129 cm³/mol. The Bertz CT molecular complexity index is 1010. The molecule has 2 amide bonds. The summed E-state index contributed by atoms with van der Waals surface area (Å²) in [4.78, 5) is 34.1. The second-order valence-corrected chi connectivity index (χ2v) is 7.83. The summed E-state index contributed by atoms with van der Waals surface area (Å²) in [6, 6.07) is 11.5. The lowest BCUT2D eigenvalue weighted by Crippen LogP contribution is -2.37. The van der Waals surface area contributed by atoms with Crippen molar-refractivity contribution in [1.82, 2.24) is 16.0 Å². The van der Waals surface area contributed by atoms with Gasteiger partial charge in [-0.1, -0.05) is 28.9 Å². The van der Waals surface area contributed by atoms with Gasteiger partial charge in [-0.05, 0) is 43.7 Å². The van der Waals surface area contributed by atoms with Crippen molar-refractivity contribution in [2.75, 3.05) is 25.0 Å². The number of carbonyl (C=O) groups excluding carboxylic acids is 2. The lowest BCUT2D eigenvalue weighted by Gasteiger charge is -2.16. The quantitative estimate of drug-likeness (QED) is 0.194. The van der Waals surface area contributed by atoms with Crippen molar-refractivity contribution in [3.05, 3.63) is 75.7 Å². The summed E-state index contributed by atoms with van der Waals surface area (Å²) in [5, 5.41) is 14.2. The molecule has 0 heterocycles. The summed E-state index contributed by atoms with van der Waals surface area (Å²) in [5.41, 5.74) is 1.28. The predicted octanol–water partition coefficient (Wildman–Crippen LogP) is 3.31. The fourth-order valence-electron chi connectivity index (χ4n) is 2.67. The van der Waals surface area contributed by atoms with E-state index in [4.69, 9.17) is 16.3 Å². The van der Waals surface area contributed by atoms with Gasteiger partial charge < -0.3 is 26.0 Å². The molecule has 0 spiro atoms. The number of hydrogen-bond donors (Lipinski definition) is 4. The van der Waals surface area contributed by atoms with Crippen LogP contribution in [-0.2, 0) is 16.1 Å². The number of carbonyl (C=O) groups is 2. The average molecular weight is 492 g/mol. The molecular weight excluding hydrogens is 465 g/mol. The SMILES string of the molecule is CC(C)Oc1ccc(N/C(=C/C(=O)NCC(=O)NCCN=O)NCc2ccc(Cl)cc2)cc1F. The van der Waals surface area contributed by atoms with Gasteiger partial charge in [0.05, 0.1) is 19.2 Å². The molecule has 34 heavy (non-hydrogen) atoms. The Kier molecular flexibility index (Phi) is 10.8. The van der Waals surface area contributed by atoms with Crippen molar-refractivity contribution >= 4 is 29.1 Å². The number of anilines is 1. The molecule has 2 aromatic rings. The summed E-state index contributed by atoms with van der Waals surface area (Å²) in [5.74, 6) is -1.18. The van der Waals surface area contributed by atoms with Crippen molar-refractivity contribution < 1.29 is 18.7 Å². The second-order valence-electron chi connectivity index (χ2n) is 7.40. The fraction of sp³-hybridized carbons (Fsp3) is 0.304. The summed E-state index contributed by atoms with van der Waals surface area (Å²) in [6.07, 6.45) is 1.03. The maximum atomic E-state index is 14.4. The van der Waals surface area contributed by atoms with E-state index in [0.29, 0.717) is 17.3 Å². The van der Waals surface area contributed by atoms with Gasteiger partial charge in [0, 0.05) is 35.9 Å². The van der Waals surface area contributed by atoms with Gasteiger partial charge in [-0.2, -0.15) is 4.91 Å². The molecular formula is C23H27ClFN5O4. The first kappa shape index (κ1) is 26.6. The average Bonchev–Trinajstić information content (AvgIpc) is 2.79. The van der Waals surface area contributed by atoms with Crippen LogP contribution in [0.3, 0.4) is 0 Å². The van der Waals surface area contributed by atoms with Gasteiger partial charge in [0.15, 0.2) is 11.6 Å². The van der Waals surface area contributed by atoms with Gasteiger partial charge in [0.2, 0.25) is 11.8 Å². The first-order valence-electron chi connectivity index (χ1n) is 10.5. The van der Waals surface area contributed by atoms with Crippen LogP contribution in [0.15, 0.2) is 59.5 Å². The zero-order valence-electron chi connectivity index (χ0n) is 18.9. The van der Waals surface area contributed by atoms with E-state index in [1.165, 1.54) is 18.2 Å². The number of ether oxygens (including phenoxy) is 1. The number of nitroso groups, excluding NO2 is 1. The van der Waals surface area contributed by atoms with Crippen molar-refractivity contribution in [2.45, 2.75) is 26.5 Å². The van der Waals surface area contributed by atoms with Gasteiger partial charge in [0.25, 0.3) is 0 Å². The zero-order chi connectivity index (χ0) is 24.9. The molecule has 11 heteroatoms. The number of benzene rings is 2. The van der Waals surface area contributed by atoms with E-state index < -0.39 is 17.6 Å². The molecule has 0 radical (unpaired) electrons. The van der Waals surface area contributed by atoms with Gasteiger partial charge in [-0.15, -0.1) is 0 Å². The molecule has 0 atom stereocenters. The highest BCUT2D eigenvalue weighted by molar-refractivity contribution is 6.30. The normalized spacial score (nSPS) is 11.0. The Labute approximate surface area is 202 Å². The highest BCUT2D eigenvalue weighted by Crippen LogP contribution is 2.23. The zero-order valence-corrected chi connectivity index (χ0v) is 19.6. The number of rotatable bonds is 13. The monoisotopic (exact) mass is 491 g/mol. The number of amides is 2. The molecule has 0 aliphatic rings. The summed E-state index contributed by atoms with van der Waals surface area (Å²) < 4.78 is 19.8. The Morgan fingerprint density at radius 3 is 2.50 bits per heavy atom. The smallest absolute Gasteiger partial charge is 0.248 e. The minimum Gasteiger partial charge on any atom is -0.488 e. The molecule has 9 nitrogen and oxygen atoms in total. The van der Waals surface area contributed by atoms with Crippen LogP contribution in [0.5, 0.6) is 5.75 Å². The molecule has 0 bridgehead atoms. The lowest BCUT2D eigenvalue weighted by atomic mass is 10.2. The van der Waals surface area contributed by atoms with Crippen LogP contribution >= 0.6 is 11.6 Å². The minimum atomic E-state index is -0.560. The third kappa shape index (κ3) is 9.86. The molecule has 0 saturated heterocycles. The molecule has 0 fully saturated rings. The Hall–Kier alpha value is -3.66. The Morgan fingerprint density at radius 2 is 1.85 bits per heavy atom. The largest absolute Gasteiger partial charge is 0.488 e. The summed E-state index contributed by atoms with van der Waals surface area (Å²) >= 11 is 5.91. The third-order valence-electron chi connectivity index (χ3n) is 4.19. The van der Waals surface area contributed by atoms with E-state index in [9.17, 15) is 18.9 Å². The second kappa shape index (κ2) is 13.8. The van der Waals surface area contributed by atoms with Gasteiger partial charge in [0.1, 0.15) is 5.82 Å². The van der Waals surface area contributed by atoms with E-state index in [0.717, 1.165) is 5.56 Å². The van der Waals surface area contributed by atoms with Crippen LogP contribution in [-0.4, -0.2) is 37.6 Å². The third-order valence-corrected chi connectivity index (χ3v) is 4.45. The lowest BCUT2D eigenvalue weighted by molar-refractivity contribution is -0.123. The van der Waals surface area contributed by atoms with E-state index in [2.05, 4.69) is 26.4 Å². The standard InChI is InChI=1S/C23H27ClFN5O4/c1-15(2)34-20-8-7-18(11-19(20)25)30-21(27-13-16-3-5-17(24)6-4-16)12-22(31)28-14-23(32)26-9-10-29-33/h3-8,11-12,15,27,30H,9-10,13-14H2,1-2H3,(H,26,32)(H,28,31)/b21-12+. The van der Waals surface area contributed by atoms with Gasteiger partial charge >= 0.3 is 0 Å². The van der Waals surface area contributed by atoms with E-state index in [1.54, 1.807) is 32.0 Å². The first-order chi connectivity index (χ1) is 16.3. The molecule has 2 aromatic carbocycles. The maximum Gasteiger partial charge on any atom is 0.248 e. The van der Waals surface area contributed by atoms with Gasteiger partial charge in [-0.3, -0.25) is 9.59 Å². The van der Waals surface area contributed by atoms with Crippen molar-refractivity contribution in [2.24, 2.45) is 5.18 Å². The molecule has 182 valence electrons. The molecule has 2 rings (SSSR count). The number of nitrogens with one attached hydrogen (secondary N) is 4. The highest BCUT2D eigenvalue weighted by atomic mass is 35.5.